The van der Waals surface area contributed by atoms with Crippen LogP contribution in [0, 0.1) is 0 Å². The highest BCUT2D eigenvalue weighted by Gasteiger charge is 2.33. The molecule has 1 N–H and O–H groups in total. The first-order chi connectivity index (χ1) is 9.16. The maximum Gasteiger partial charge on any atom is 0.358 e. The van der Waals surface area contributed by atoms with E-state index in [0.717, 1.165) is 18.4 Å². The number of rotatable bonds is 4. The number of nitrogens with zero attached hydrogens (tertiary/aromatic N) is 4. The third-order valence-electron chi connectivity index (χ3n) is 3.12. The van der Waals surface area contributed by atoms with E-state index in [2.05, 4.69) is 15.3 Å². The lowest BCUT2D eigenvalue weighted by molar-refractivity contribution is 0.0689. The summed E-state index contributed by atoms with van der Waals surface area (Å²) < 4.78 is 1.63. The minimum atomic E-state index is -1.03. The minimum absolute atomic E-state index is 0.0488. The van der Waals surface area contributed by atoms with Gasteiger partial charge in [-0.2, -0.15) is 0 Å². The average Bonchev–Trinajstić information content (AvgIpc) is 3.13. The summed E-state index contributed by atoms with van der Waals surface area (Å²) in [5.41, 5.74) is 1.59. The first-order valence-electron chi connectivity index (χ1n) is 5.92. The molecule has 2 aromatic heterocycles. The molecular weight excluding hydrogens is 268 g/mol. The van der Waals surface area contributed by atoms with Crippen molar-refractivity contribution >= 4 is 17.6 Å². The predicted molar refractivity (Wildman–Crippen MR) is 67.3 cm³/mol. The molecule has 1 aliphatic carbocycles. The summed E-state index contributed by atoms with van der Waals surface area (Å²) in [6.45, 7) is 0.410. The predicted octanol–water partition coefficient (Wildman–Crippen LogP) is 1.95. The van der Waals surface area contributed by atoms with Gasteiger partial charge >= 0.3 is 5.97 Å². The Hall–Kier alpha value is -1.95. The molecule has 0 radical (unpaired) electrons. The number of hydrogen-bond acceptors (Lipinski definition) is 4. The fourth-order valence-electron chi connectivity index (χ4n) is 2.04. The van der Waals surface area contributed by atoms with Gasteiger partial charge in [0.05, 0.1) is 17.3 Å². The second kappa shape index (κ2) is 4.62. The highest BCUT2D eigenvalue weighted by atomic mass is 35.5. The summed E-state index contributed by atoms with van der Waals surface area (Å²) in [6.07, 6.45) is 5.17. The number of aromatic carboxylic acids is 1. The van der Waals surface area contributed by atoms with Gasteiger partial charge in [-0.15, -0.1) is 5.10 Å². The van der Waals surface area contributed by atoms with E-state index >= 15 is 0 Å². The second-order valence-corrected chi connectivity index (χ2v) is 4.93. The molecule has 1 aliphatic rings. The lowest BCUT2D eigenvalue weighted by Crippen LogP contribution is -2.09. The van der Waals surface area contributed by atoms with Crippen LogP contribution in [0.3, 0.4) is 0 Å². The van der Waals surface area contributed by atoms with Crippen LogP contribution >= 0.6 is 11.6 Å². The second-order valence-electron chi connectivity index (χ2n) is 4.53. The van der Waals surface area contributed by atoms with E-state index in [0.29, 0.717) is 17.3 Å². The molecule has 0 saturated heterocycles. The van der Waals surface area contributed by atoms with Gasteiger partial charge in [-0.1, -0.05) is 16.8 Å². The Morgan fingerprint density at radius 1 is 1.53 bits per heavy atom. The monoisotopic (exact) mass is 278 g/mol. The van der Waals surface area contributed by atoms with Crippen LogP contribution in [0.2, 0.25) is 5.02 Å². The Labute approximate surface area is 114 Å². The molecule has 0 aliphatic heterocycles. The van der Waals surface area contributed by atoms with Gasteiger partial charge in [0.15, 0.2) is 5.69 Å². The molecule has 98 valence electrons. The average molecular weight is 279 g/mol. The highest BCUT2D eigenvalue weighted by molar-refractivity contribution is 6.31. The smallest absolute Gasteiger partial charge is 0.358 e. The van der Waals surface area contributed by atoms with Gasteiger partial charge in [0.1, 0.15) is 0 Å². The Bertz CT molecular complexity index is 636. The third-order valence-corrected chi connectivity index (χ3v) is 3.46. The molecule has 0 amide bonds. The van der Waals surface area contributed by atoms with E-state index in [9.17, 15) is 4.79 Å². The fourth-order valence-corrected chi connectivity index (χ4v) is 2.22. The van der Waals surface area contributed by atoms with Gasteiger partial charge in [-0.05, 0) is 24.5 Å². The lowest BCUT2D eigenvalue weighted by atomic mass is 10.2. The SMILES string of the molecule is O=C(O)c1nnn(Cc2ccncc2Cl)c1C1CC1. The van der Waals surface area contributed by atoms with Gasteiger partial charge in [0.2, 0.25) is 0 Å². The number of hydrogen-bond donors (Lipinski definition) is 1. The van der Waals surface area contributed by atoms with E-state index < -0.39 is 5.97 Å². The quantitative estimate of drug-likeness (QED) is 0.924. The summed E-state index contributed by atoms with van der Waals surface area (Å²) in [5.74, 6) is -0.782. The standard InChI is InChI=1S/C12H11ClN4O2/c13-9-5-14-4-3-8(9)6-17-11(7-1-2-7)10(12(18)19)15-16-17/h3-5,7H,1-2,6H2,(H,18,19). The van der Waals surface area contributed by atoms with Crippen LogP contribution in [0.5, 0.6) is 0 Å². The minimum Gasteiger partial charge on any atom is -0.476 e. The number of carboxylic acids is 1. The van der Waals surface area contributed by atoms with E-state index in [-0.39, 0.29) is 11.6 Å². The molecular formula is C12H11ClN4O2. The van der Waals surface area contributed by atoms with E-state index in [1.807, 2.05) is 0 Å². The molecule has 0 bridgehead atoms. The molecule has 7 heteroatoms. The van der Waals surface area contributed by atoms with E-state index in [1.54, 1.807) is 23.1 Å². The molecule has 19 heavy (non-hydrogen) atoms. The van der Waals surface area contributed by atoms with Crippen LogP contribution in [0.4, 0.5) is 0 Å². The number of aromatic nitrogens is 4. The summed E-state index contributed by atoms with van der Waals surface area (Å²) in [4.78, 5) is 15.1. The van der Waals surface area contributed by atoms with Crippen molar-refractivity contribution in [1.29, 1.82) is 0 Å². The van der Waals surface area contributed by atoms with Crippen molar-refractivity contribution in [2.24, 2.45) is 0 Å². The molecule has 3 rings (SSSR count). The number of carboxylic acid groups (broad SMARTS) is 1. The van der Waals surface area contributed by atoms with Crippen molar-refractivity contribution in [3.8, 4) is 0 Å². The molecule has 1 saturated carbocycles. The van der Waals surface area contributed by atoms with E-state index in [1.165, 1.54) is 0 Å². The number of carbonyl (C=O) groups is 1. The Kier molecular flexibility index (Phi) is 2.94. The number of pyridine rings is 1. The van der Waals surface area contributed by atoms with Crippen LogP contribution in [0.15, 0.2) is 18.5 Å². The van der Waals surface area contributed by atoms with Crippen molar-refractivity contribution in [1.82, 2.24) is 20.0 Å². The molecule has 1 fully saturated rings. The van der Waals surface area contributed by atoms with Gasteiger partial charge in [0.25, 0.3) is 0 Å². The van der Waals surface area contributed by atoms with Gasteiger partial charge in [-0.25, -0.2) is 9.48 Å². The molecule has 0 unspecified atom stereocenters. The van der Waals surface area contributed by atoms with Gasteiger partial charge in [-0.3, -0.25) is 4.98 Å². The first-order valence-corrected chi connectivity index (χ1v) is 6.29. The van der Waals surface area contributed by atoms with Crippen LogP contribution in [-0.4, -0.2) is 31.1 Å². The zero-order valence-electron chi connectivity index (χ0n) is 9.95. The van der Waals surface area contributed by atoms with Crippen molar-refractivity contribution < 1.29 is 9.90 Å². The zero-order chi connectivity index (χ0) is 13.4. The van der Waals surface area contributed by atoms with Gasteiger partial charge < -0.3 is 5.11 Å². The fraction of sp³-hybridized carbons (Fsp3) is 0.333. The molecule has 6 nitrogen and oxygen atoms in total. The highest BCUT2D eigenvalue weighted by Crippen LogP contribution is 2.41. The lowest BCUT2D eigenvalue weighted by Gasteiger charge is -2.07. The normalized spacial score (nSPS) is 14.6. The van der Waals surface area contributed by atoms with Crippen LogP contribution < -0.4 is 0 Å². The number of halogens is 1. The van der Waals surface area contributed by atoms with Crippen molar-refractivity contribution in [2.75, 3.05) is 0 Å². The molecule has 0 atom stereocenters. The first kappa shape index (κ1) is 12.1. The summed E-state index contributed by atoms with van der Waals surface area (Å²) in [7, 11) is 0. The molecule has 2 aromatic rings. The summed E-state index contributed by atoms with van der Waals surface area (Å²) in [5, 5.41) is 17.4. The van der Waals surface area contributed by atoms with Crippen LogP contribution in [-0.2, 0) is 6.54 Å². The maximum absolute atomic E-state index is 11.1. The van der Waals surface area contributed by atoms with Crippen molar-refractivity contribution in [2.45, 2.75) is 25.3 Å². The molecule has 0 aromatic carbocycles. The van der Waals surface area contributed by atoms with Crippen molar-refractivity contribution in [3.63, 3.8) is 0 Å². The summed E-state index contributed by atoms with van der Waals surface area (Å²) >= 11 is 6.05. The third kappa shape index (κ3) is 2.31. The largest absolute Gasteiger partial charge is 0.476 e. The molecule has 2 heterocycles. The Morgan fingerprint density at radius 3 is 2.95 bits per heavy atom. The van der Waals surface area contributed by atoms with E-state index in [4.69, 9.17) is 16.7 Å². The maximum atomic E-state index is 11.1. The topological polar surface area (TPSA) is 80.9 Å². The summed E-state index contributed by atoms with van der Waals surface area (Å²) in [6, 6.07) is 1.79. The Morgan fingerprint density at radius 2 is 2.32 bits per heavy atom. The Balaban J connectivity index is 1.97. The zero-order valence-corrected chi connectivity index (χ0v) is 10.7. The van der Waals surface area contributed by atoms with Crippen molar-refractivity contribution in [3.05, 3.63) is 40.4 Å². The van der Waals surface area contributed by atoms with Crippen LogP contribution in [0.1, 0.15) is 40.5 Å². The van der Waals surface area contributed by atoms with Gasteiger partial charge in [0, 0.05) is 18.3 Å². The van der Waals surface area contributed by atoms with Crippen LogP contribution in [0.25, 0.3) is 0 Å². The molecule has 0 spiro atoms.